The Kier molecular flexibility index (Phi) is 6.94. The van der Waals surface area contributed by atoms with E-state index in [0.717, 1.165) is 6.08 Å². The molecular weight excluding hydrogens is 265 g/mol. The van der Waals surface area contributed by atoms with Crippen LogP contribution < -0.4 is 0 Å². The Hall–Kier alpha value is -1.22. The van der Waals surface area contributed by atoms with E-state index in [2.05, 4.69) is 11.3 Å². The van der Waals surface area contributed by atoms with Crippen LogP contribution in [0, 0.1) is 7.43 Å². The number of halogens is 3. The summed E-state index contributed by atoms with van der Waals surface area (Å²) in [5, 5.41) is -5.03. The number of rotatable bonds is 6. The van der Waals surface area contributed by atoms with Crippen molar-refractivity contribution in [1.82, 2.24) is 0 Å². The van der Waals surface area contributed by atoms with Crippen LogP contribution in [-0.4, -0.2) is 37.0 Å². The second kappa shape index (κ2) is 6.50. The van der Waals surface area contributed by atoms with Gasteiger partial charge in [0.1, 0.15) is 0 Å². The summed E-state index contributed by atoms with van der Waals surface area (Å²) in [4.78, 5) is 10.4. The van der Waals surface area contributed by atoms with Crippen LogP contribution in [0.4, 0.5) is 13.2 Å². The number of carbonyl (C=O) groups is 1. The molecule has 0 bridgehead atoms. The van der Waals surface area contributed by atoms with Gasteiger partial charge in [0.05, 0.1) is 6.61 Å². The van der Waals surface area contributed by atoms with E-state index in [0.29, 0.717) is 0 Å². The highest BCUT2D eigenvalue weighted by Gasteiger charge is 2.47. The van der Waals surface area contributed by atoms with Crippen LogP contribution in [0.15, 0.2) is 12.7 Å². The zero-order chi connectivity index (χ0) is 13.0. The van der Waals surface area contributed by atoms with E-state index in [-0.39, 0.29) is 7.43 Å². The van der Waals surface area contributed by atoms with Crippen molar-refractivity contribution in [3.63, 3.8) is 0 Å². The molecule has 100 valence electrons. The van der Waals surface area contributed by atoms with Crippen LogP contribution in [0.3, 0.4) is 0 Å². The second-order valence-electron chi connectivity index (χ2n) is 2.64. The van der Waals surface area contributed by atoms with Gasteiger partial charge in [0.15, 0.2) is 16.3 Å². The van der Waals surface area contributed by atoms with Crippen LogP contribution in [0.25, 0.3) is 0 Å². The predicted molar refractivity (Wildman–Crippen MR) is 51.7 cm³/mol. The molecule has 0 aromatic carbocycles. The van der Waals surface area contributed by atoms with Gasteiger partial charge in [0.25, 0.3) is 0 Å². The number of ether oxygens (including phenoxy) is 1. The molecule has 0 saturated heterocycles. The van der Waals surface area contributed by atoms with Gasteiger partial charge in [0, 0.05) is 19.9 Å². The standard InChI is InChI=1S/C7H9F3O5S.CH3/c1-2-6(11)15-4-3-5(8)7(9,10)16(12,13)14;/h2,5H,1,3-4H2,(H,12,13,14);1H3/q;+1/p-1. The third kappa shape index (κ3) is 5.09. The zero-order valence-electron chi connectivity index (χ0n) is 8.86. The molecule has 0 fully saturated rings. The normalized spacial score (nSPS) is 13.4. The molecule has 17 heavy (non-hydrogen) atoms. The lowest BCUT2D eigenvalue weighted by atomic mass is 10.3. The van der Waals surface area contributed by atoms with Crippen molar-refractivity contribution in [2.45, 2.75) is 17.8 Å². The van der Waals surface area contributed by atoms with Gasteiger partial charge in [-0.1, -0.05) is 6.58 Å². The average molecular weight is 276 g/mol. The second-order valence-corrected chi connectivity index (χ2v) is 4.10. The van der Waals surface area contributed by atoms with Crippen LogP contribution in [0.1, 0.15) is 6.42 Å². The molecule has 1 unspecified atom stereocenters. The Balaban J connectivity index is 0. The van der Waals surface area contributed by atoms with Gasteiger partial charge in [-0.15, -0.1) is 0 Å². The van der Waals surface area contributed by atoms with Crippen molar-refractivity contribution < 1.29 is 35.7 Å². The summed E-state index contributed by atoms with van der Waals surface area (Å²) in [6.07, 6.45) is -3.61. The quantitative estimate of drug-likeness (QED) is 0.313. The summed E-state index contributed by atoms with van der Waals surface area (Å²) >= 11 is 0. The number of alkyl halides is 3. The number of esters is 1. The minimum absolute atomic E-state index is 0. The highest BCUT2D eigenvalue weighted by atomic mass is 32.2. The summed E-state index contributed by atoms with van der Waals surface area (Å²) in [5.74, 6) is -0.972. The minimum Gasteiger partial charge on any atom is -0.743 e. The molecule has 5 nitrogen and oxygen atoms in total. The molecule has 0 aliphatic carbocycles. The molecule has 0 saturated carbocycles. The fraction of sp³-hybridized carbons (Fsp3) is 0.500. The summed E-state index contributed by atoms with van der Waals surface area (Å²) in [5.41, 5.74) is 0. The molecular formula is C8H11F3O5S. The SMILES string of the molecule is C=CC(=O)OCCC(F)C(F)(F)S(=O)(=O)[O-].[CH3+]. The molecule has 0 spiro atoms. The monoisotopic (exact) mass is 276 g/mol. The summed E-state index contributed by atoms with van der Waals surface area (Å²) in [6.45, 7) is 2.20. The van der Waals surface area contributed by atoms with E-state index in [9.17, 15) is 30.9 Å². The van der Waals surface area contributed by atoms with E-state index >= 15 is 0 Å². The summed E-state index contributed by atoms with van der Waals surface area (Å²) in [7, 11) is -6.08. The van der Waals surface area contributed by atoms with E-state index < -0.39 is 40.5 Å². The largest absolute Gasteiger partial charge is 0.743 e. The maximum absolute atomic E-state index is 12.7. The van der Waals surface area contributed by atoms with Gasteiger partial charge in [-0.3, -0.25) is 0 Å². The zero-order valence-corrected chi connectivity index (χ0v) is 9.68. The van der Waals surface area contributed by atoms with E-state index in [1.807, 2.05) is 0 Å². The lowest BCUT2D eigenvalue weighted by Gasteiger charge is -2.23. The summed E-state index contributed by atoms with van der Waals surface area (Å²) < 4.78 is 71.8. The fourth-order valence-electron chi connectivity index (χ4n) is 0.647. The molecule has 0 heterocycles. The lowest BCUT2D eigenvalue weighted by molar-refractivity contribution is -0.138. The van der Waals surface area contributed by atoms with Crippen molar-refractivity contribution >= 4 is 16.1 Å². The van der Waals surface area contributed by atoms with Crippen molar-refractivity contribution in [1.29, 1.82) is 0 Å². The van der Waals surface area contributed by atoms with Gasteiger partial charge in [-0.2, -0.15) is 8.78 Å². The third-order valence-electron chi connectivity index (χ3n) is 1.48. The Morgan fingerprint density at radius 1 is 1.53 bits per heavy atom. The van der Waals surface area contributed by atoms with Gasteiger partial charge in [0.2, 0.25) is 0 Å². The van der Waals surface area contributed by atoms with Crippen LogP contribution in [-0.2, 0) is 19.6 Å². The first kappa shape index (κ1) is 18.2. The molecule has 9 heteroatoms. The van der Waals surface area contributed by atoms with Crippen LogP contribution in [0.5, 0.6) is 0 Å². The number of carbonyl (C=O) groups excluding carboxylic acids is 1. The van der Waals surface area contributed by atoms with Gasteiger partial charge in [-0.05, 0) is 0 Å². The Morgan fingerprint density at radius 2 is 2.00 bits per heavy atom. The highest BCUT2D eigenvalue weighted by molar-refractivity contribution is 7.86. The van der Waals surface area contributed by atoms with Crippen molar-refractivity contribution in [3.8, 4) is 0 Å². The van der Waals surface area contributed by atoms with Gasteiger partial charge in [-0.25, -0.2) is 17.6 Å². The maximum atomic E-state index is 12.7. The Labute approximate surface area is 97.0 Å². The van der Waals surface area contributed by atoms with Crippen LogP contribution >= 0.6 is 0 Å². The van der Waals surface area contributed by atoms with Crippen molar-refractivity contribution in [2.75, 3.05) is 6.61 Å². The molecule has 1 atom stereocenters. The molecule has 0 aromatic heterocycles. The Bertz CT molecular complexity index is 365. The predicted octanol–water partition coefficient (Wildman–Crippen LogP) is 1.03. The molecule has 0 N–H and O–H groups in total. The molecule has 0 radical (unpaired) electrons. The molecule has 0 amide bonds. The van der Waals surface area contributed by atoms with Gasteiger partial charge < -0.3 is 9.29 Å². The van der Waals surface area contributed by atoms with Crippen molar-refractivity contribution in [2.24, 2.45) is 0 Å². The first-order valence-electron chi connectivity index (χ1n) is 3.89. The smallest absolute Gasteiger partial charge is 0.364 e. The number of hydrogen-bond acceptors (Lipinski definition) is 5. The average Bonchev–Trinajstić information content (AvgIpc) is 2.15. The number of hydrogen-bond donors (Lipinski definition) is 0. The lowest BCUT2D eigenvalue weighted by Crippen LogP contribution is -2.39. The molecule has 0 aliphatic rings. The fourth-order valence-corrected chi connectivity index (χ4v) is 1.08. The molecule has 0 rings (SSSR count). The molecule has 0 aliphatic heterocycles. The van der Waals surface area contributed by atoms with Crippen molar-refractivity contribution in [3.05, 3.63) is 20.1 Å². The third-order valence-corrected chi connectivity index (χ3v) is 2.40. The Morgan fingerprint density at radius 3 is 2.35 bits per heavy atom. The van der Waals surface area contributed by atoms with Gasteiger partial charge >= 0.3 is 11.2 Å². The first-order valence-corrected chi connectivity index (χ1v) is 5.30. The first-order chi connectivity index (χ1) is 7.13. The van der Waals surface area contributed by atoms with E-state index in [1.54, 1.807) is 0 Å². The van der Waals surface area contributed by atoms with E-state index in [4.69, 9.17) is 0 Å². The van der Waals surface area contributed by atoms with E-state index in [1.165, 1.54) is 0 Å². The summed E-state index contributed by atoms with van der Waals surface area (Å²) in [6, 6.07) is 0. The highest BCUT2D eigenvalue weighted by Crippen LogP contribution is 2.29. The molecule has 0 aromatic rings. The van der Waals surface area contributed by atoms with Crippen LogP contribution in [0.2, 0.25) is 0 Å². The minimum atomic E-state index is -6.08. The topological polar surface area (TPSA) is 83.5 Å². The maximum Gasteiger partial charge on any atom is 0.364 e.